The largest absolute Gasteiger partial charge is 0.352 e. The van der Waals surface area contributed by atoms with Gasteiger partial charge in [-0.25, -0.2) is 12.8 Å². The van der Waals surface area contributed by atoms with Gasteiger partial charge in [-0.3, -0.25) is 4.79 Å². The van der Waals surface area contributed by atoms with E-state index in [1.165, 1.54) is 0 Å². The zero-order valence-electron chi connectivity index (χ0n) is 9.34. The lowest BCUT2D eigenvalue weighted by atomic mass is 10.2. The molecule has 0 atom stereocenters. The lowest BCUT2D eigenvalue weighted by molar-refractivity contribution is 0.0953. The summed E-state index contributed by atoms with van der Waals surface area (Å²) in [5.74, 6) is -1.68. The maximum Gasteiger partial charge on any atom is 0.264 e. The molecule has 0 aliphatic carbocycles. The Balaban J connectivity index is 3.26. The van der Waals surface area contributed by atoms with Gasteiger partial charge in [0, 0.05) is 17.2 Å². The van der Waals surface area contributed by atoms with Gasteiger partial charge in [-0.1, -0.05) is 18.5 Å². The summed E-state index contributed by atoms with van der Waals surface area (Å²) in [5.41, 5.74) is -0.134. The Morgan fingerprint density at radius 3 is 2.56 bits per heavy atom. The summed E-state index contributed by atoms with van der Waals surface area (Å²) in [6, 6.07) is 1.57. The molecule has 1 amide bonds. The number of benzene rings is 1. The van der Waals surface area contributed by atoms with E-state index in [1.54, 1.807) is 0 Å². The molecule has 0 heterocycles. The van der Waals surface area contributed by atoms with E-state index in [1.807, 2.05) is 6.92 Å². The zero-order valence-corrected chi connectivity index (χ0v) is 11.7. The van der Waals surface area contributed by atoms with Gasteiger partial charge in [-0.2, -0.15) is 0 Å². The molecule has 0 aromatic heterocycles. The molecule has 1 aromatic rings. The van der Waals surface area contributed by atoms with Crippen molar-refractivity contribution in [1.29, 1.82) is 0 Å². The second-order valence-corrected chi connectivity index (χ2v) is 6.40. The second kappa shape index (κ2) is 5.86. The maximum absolute atomic E-state index is 13.4. The third-order valence-electron chi connectivity index (χ3n) is 2.06. The topological polar surface area (TPSA) is 63.2 Å². The third-order valence-corrected chi connectivity index (χ3v) is 3.71. The highest BCUT2D eigenvalue weighted by Gasteiger charge is 2.21. The van der Waals surface area contributed by atoms with Crippen LogP contribution in [-0.4, -0.2) is 20.9 Å². The van der Waals surface area contributed by atoms with Crippen molar-refractivity contribution < 1.29 is 17.6 Å². The average Bonchev–Trinajstić information content (AvgIpc) is 2.24. The molecule has 0 fully saturated rings. The van der Waals surface area contributed by atoms with Crippen LogP contribution in [0.1, 0.15) is 23.7 Å². The van der Waals surface area contributed by atoms with Crippen LogP contribution in [0.25, 0.3) is 0 Å². The molecule has 4 nitrogen and oxygen atoms in total. The number of hydrogen-bond acceptors (Lipinski definition) is 3. The summed E-state index contributed by atoms with van der Waals surface area (Å²) in [5, 5.41) is 2.33. The molecule has 18 heavy (non-hydrogen) atoms. The molecule has 1 N–H and O–H groups in total. The Morgan fingerprint density at radius 1 is 1.44 bits per heavy atom. The first-order valence-electron chi connectivity index (χ1n) is 4.99. The lowest BCUT2D eigenvalue weighted by Gasteiger charge is -2.07. The molecular weight excluding hydrogens is 304 g/mol. The molecule has 0 aliphatic rings. The van der Waals surface area contributed by atoms with Crippen LogP contribution in [0.2, 0.25) is 5.02 Å². The molecule has 0 saturated carbocycles. The predicted octanol–water partition coefficient (Wildman–Crippen LogP) is 2.55. The summed E-state index contributed by atoms with van der Waals surface area (Å²) in [7, 11) is 0.786. The average molecular weight is 314 g/mol. The van der Waals surface area contributed by atoms with Gasteiger partial charge in [-0.15, -0.1) is 0 Å². The lowest BCUT2D eigenvalue weighted by Crippen LogP contribution is -2.24. The Labute approximate surface area is 114 Å². The molecule has 0 saturated heterocycles. The van der Waals surface area contributed by atoms with Crippen molar-refractivity contribution in [2.24, 2.45) is 0 Å². The summed E-state index contributed by atoms with van der Waals surface area (Å²) in [6.45, 7) is 2.25. The normalized spacial score (nSPS) is 11.3. The number of nitrogens with one attached hydrogen (secondary N) is 1. The highest BCUT2D eigenvalue weighted by molar-refractivity contribution is 8.13. The van der Waals surface area contributed by atoms with E-state index < -0.39 is 25.7 Å². The van der Waals surface area contributed by atoms with Crippen LogP contribution in [0.3, 0.4) is 0 Å². The number of rotatable bonds is 4. The van der Waals surface area contributed by atoms with Crippen LogP contribution in [0.4, 0.5) is 4.39 Å². The van der Waals surface area contributed by atoms with E-state index in [9.17, 15) is 17.6 Å². The van der Waals surface area contributed by atoms with E-state index in [0.717, 1.165) is 12.1 Å². The molecule has 0 radical (unpaired) electrons. The van der Waals surface area contributed by atoms with Crippen molar-refractivity contribution in [3.05, 3.63) is 28.5 Å². The first-order valence-corrected chi connectivity index (χ1v) is 7.68. The number of carbonyl (C=O) groups is 1. The monoisotopic (exact) mass is 313 g/mol. The fourth-order valence-corrected chi connectivity index (χ4v) is 2.37. The summed E-state index contributed by atoms with van der Waals surface area (Å²) in [6.07, 6.45) is 0.700. The van der Waals surface area contributed by atoms with E-state index in [2.05, 4.69) is 5.32 Å². The first-order chi connectivity index (χ1) is 8.27. The minimum Gasteiger partial charge on any atom is -0.352 e. The molecule has 100 valence electrons. The van der Waals surface area contributed by atoms with Crippen molar-refractivity contribution in [3.63, 3.8) is 0 Å². The summed E-state index contributed by atoms with van der Waals surface area (Å²) >= 11 is 5.69. The Bertz CT molecular complexity index is 575. The quantitative estimate of drug-likeness (QED) is 0.869. The molecule has 0 unspecified atom stereocenters. The van der Waals surface area contributed by atoms with Gasteiger partial charge in [0.25, 0.3) is 15.0 Å². The fourth-order valence-electron chi connectivity index (χ4n) is 1.22. The van der Waals surface area contributed by atoms with Crippen LogP contribution in [0.5, 0.6) is 0 Å². The van der Waals surface area contributed by atoms with Gasteiger partial charge in [0.1, 0.15) is 10.7 Å². The minimum absolute atomic E-state index is 0.134. The second-order valence-electron chi connectivity index (χ2n) is 3.46. The molecule has 1 aromatic carbocycles. The van der Waals surface area contributed by atoms with E-state index in [-0.39, 0.29) is 10.6 Å². The Kier molecular flexibility index (Phi) is 4.95. The van der Waals surface area contributed by atoms with E-state index >= 15 is 0 Å². The molecule has 0 aliphatic heterocycles. The number of amides is 1. The Hall–Kier alpha value is -0.850. The smallest absolute Gasteiger partial charge is 0.264 e. The van der Waals surface area contributed by atoms with Crippen molar-refractivity contribution in [1.82, 2.24) is 5.32 Å². The zero-order chi connectivity index (χ0) is 13.9. The van der Waals surface area contributed by atoms with E-state index in [0.29, 0.717) is 13.0 Å². The molecule has 1 rings (SSSR count). The van der Waals surface area contributed by atoms with Gasteiger partial charge in [0.2, 0.25) is 0 Å². The molecule has 8 heteroatoms. The number of halogens is 3. The molecule has 0 spiro atoms. The van der Waals surface area contributed by atoms with Crippen LogP contribution < -0.4 is 5.32 Å². The minimum atomic E-state index is -4.27. The fraction of sp³-hybridized carbons (Fsp3) is 0.300. The number of hydrogen-bond donors (Lipinski definition) is 1. The van der Waals surface area contributed by atoms with Crippen LogP contribution in [0.15, 0.2) is 17.0 Å². The van der Waals surface area contributed by atoms with Crippen LogP contribution in [0, 0.1) is 5.82 Å². The van der Waals surface area contributed by atoms with Gasteiger partial charge in [0.05, 0.1) is 10.6 Å². The highest BCUT2D eigenvalue weighted by atomic mass is 35.7. The SMILES string of the molecule is CCCNC(=O)c1cc(S(=O)(=O)Cl)c(F)cc1Cl. The maximum atomic E-state index is 13.4. The summed E-state index contributed by atoms with van der Waals surface area (Å²) in [4.78, 5) is 10.9. The van der Waals surface area contributed by atoms with Gasteiger partial charge >= 0.3 is 0 Å². The standard InChI is InChI=1S/C10H10Cl2FNO3S/c1-2-3-14-10(15)6-4-9(18(12,16)17)8(13)5-7(6)11/h4-5H,2-3H2,1H3,(H,14,15). The Morgan fingerprint density at radius 2 is 2.06 bits per heavy atom. The van der Waals surface area contributed by atoms with Crippen molar-refractivity contribution in [3.8, 4) is 0 Å². The number of carbonyl (C=O) groups excluding carboxylic acids is 1. The van der Waals surface area contributed by atoms with Crippen molar-refractivity contribution in [2.75, 3.05) is 6.54 Å². The predicted molar refractivity (Wildman–Crippen MR) is 67.1 cm³/mol. The van der Waals surface area contributed by atoms with Crippen LogP contribution in [-0.2, 0) is 9.05 Å². The van der Waals surface area contributed by atoms with Gasteiger partial charge < -0.3 is 5.32 Å². The molecular formula is C10H10Cl2FNO3S. The molecule has 0 bridgehead atoms. The highest BCUT2D eigenvalue weighted by Crippen LogP contribution is 2.26. The van der Waals surface area contributed by atoms with Gasteiger partial charge in [-0.05, 0) is 18.6 Å². The summed E-state index contributed by atoms with van der Waals surface area (Å²) < 4.78 is 35.6. The van der Waals surface area contributed by atoms with Gasteiger partial charge in [0.15, 0.2) is 0 Å². The first kappa shape index (κ1) is 15.2. The van der Waals surface area contributed by atoms with E-state index in [4.69, 9.17) is 22.3 Å². The van der Waals surface area contributed by atoms with Crippen molar-refractivity contribution in [2.45, 2.75) is 18.2 Å². The van der Waals surface area contributed by atoms with Crippen molar-refractivity contribution >= 4 is 37.2 Å². The third kappa shape index (κ3) is 3.57. The van der Waals surface area contributed by atoms with Crippen LogP contribution >= 0.6 is 22.3 Å².